The van der Waals surface area contributed by atoms with Crippen LogP contribution in [0, 0.1) is 6.92 Å². The van der Waals surface area contributed by atoms with Gasteiger partial charge in [0, 0.05) is 40.9 Å². The van der Waals surface area contributed by atoms with Crippen molar-refractivity contribution < 1.29 is 19.4 Å². The Morgan fingerprint density at radius 1 is 1.10 bits per heavy atom. The number of fused-ring (bicyclic) bond motifs is 1. The second-order valence-corrected chi connectivity index (χ2v) is 11.1. The van der Waals surface area contributed by atoms with Gasteiger partial charge in [0.1, 0.15) is 17.9 Å². The average Bonchev–Trinajstić information content (AvgIpc) is 2.91. The molecule has 0 amide bonds. The van der Waals surface area contributed by atoms with Gasteiger partial charge in [0.25, 0.3) is 0 Å². The molecule has 1 aliphatic rings. The summed E-state index contributed by atoms with van der Waals surface area (Å²) in [4.78, 5) is 25.8. The monoisotopic (exact) mass is 534 g/mol. The highest BCUT2D eigenvalue weighted by atomic mass is 16.5. The molecule has 0 aliphatic carbocycles. The zero-order valence-electron chi connectivity index (χ0n) is 22.9. The Morgan fingerprint density at radius 2 is 1.93 bits per heavy atom. The molecule has 3 N–H and O–H groups in total. The van der Waals surface area contributed by atoms with E-state index in [2.05, 4.69) is 9.97 Å². The average molecular weight is 535 g/mol. The van der Waals surface area contributed by atoms with Crippen LogP contribution in [0.2, 0.25) is 0 Å². The van der Waals surface area contributed by atoms with Crippen LogP contribution in [0.3, 0.4) is 0 Å². The van der Waals surface area contributed by atoms with Gasteiger partial charge in [-0.15, -0.1) is 0 Å². The lowest BCUT2D eigenvalue weighted by atomic mass is 9.85. The predicted octanol–water partition coefficient (Wildman–Crippen LogP) is 6.28. The van der Waals surface area contributed by atoms with Crippen LogP contribution in [-0.4, -0.2) is 38.2 Å². The molecule has 5 aromatic rings. The first-order valence-corrected chi connectivity index (χ1v) is 13.2. The molecule has 0 bridgehead atoms. The lowest BCUT2D eigenvalue weighted by Crippen LogP contribution is -2.28. The van der Waals surface area contributed by atoms with E-state index in [9.17, 15) is 9.90 Å². The van der Waals surface area contributed by atoms with Crippen molar-refractivity contribution in [3.05, 3.63) is 77.9 Å². The highest BCUT2D eigenvalue weighted by Crippen LogP contribution is 2.45. The Hall–Kier alpha value is -4.56. The molecule has 6 rings (SSSR count). The van der Waals surface area contributed by atoms with Crippen LogP contribution >= 0.6 is 0 Å². The summed E-state index contributed by atoms with van der Waals surface area (Å²) in [5.74, 6) is 0.123. The molecule has 8 nitrogen and oxygen atoms in total. The van der Waals surface area contributed by atoms with E-state index in [1.807, 2.05) is 76.4 Å². The van der Waals surface area contributed by atoms with Crippen LogP contribution in [0.25, 0.3) is 43.9 Å². The van der Waals surface area contributed by atoms with E-state index in [0.29, 0.717) is 18.0 Å². The molecule has 0 spiro atoms. The maximum atomic E-state index is 12.8. The summed E-state index contributed by atoms with van der Waals surface area (Å²) in [6.07, 6.45) is 4.51. The summed E-state index contributed by atoms with van der Waals surface area (Å²) in [6, 6.07) is 13.9. The van der Waals surface area contributed by atoms with E-state index in [1.165, 1.54) is 6.33 Å². The minimum Gasteiger partial charge on any atom is -0.493 e. The van der Waals surface area contributed by atoms with Crippen LogP contribution in [0.15, 0.2) is 61.2 Å². The van der Waals surface area contributed by atoms with Crippen LogP contribution in [0.4, 0.5) is 5.82 Å². The summed E-state index contributed by atoms with van der Waals surface area (Å²) in [6.45, 7) is 8.12. The van der Waals surface area contributed by atoms with Crippen molar-refractivity contribution in [2.45, 2.75) is 45.8 Å². The van der Waals surface area contributed by atoms with Crippen molar-refractivity contribution in [2.24, 2.45) is 0 Å². The van der Waals surface area contributed by atoms with Gasteiger partial charge in [0.15, 0.2) is 6.10 Å². The van der Waals surface area contributed by atoms with Crippen LogP contribution in [0.1, 0.15) is 43.6 Å². The molecule has 0 saturated carbocycles. The SMILES string of the molecule is Cc1cc2cc(-c3cncnc3N)ccc2c(-c2ccc3c4c(ccnc24)CCO3)c1[C@H](OC(C)(C)C)C(=O)O. The Morgan fingerprint density at radius 3 is 2.67 bits per heavy atom. The number of benzene rings is 3. The zero-order chi connectivity index (χ0) is 28.2. The fourth-order valence-corrected chi connectivity index (χ4v) is 5.61. The quantitative estimate of drug-likeness (QED) is 0.270. The maximum Gasteiger partial charge on any atom is 0.337 e. The summed E-state index contributed by atoms with van der Waals surface area (Å²) in [7, 11) is 0. The zero-order valence-corrected chi connectivity index (χ0v) is 22.9. The standard InChI is InChI=1S/C32H30N4O4/c1-17-13-20-14-19(23-15-34-16-36-30(23)33)5-6-21(20)27(25(17)29(31(37)38)40-32(2,3)4)22-7-8-24-26-18(10-12-39-24)9-11-35-28(22)26/h5-9,11,13-16,29H,10,12H2,1-4H3,(H,37,38)(H2,33,34,36)/t29-/m0/s1. The first-order chi connectivity index (χ1) is 19.1. The van der Waals surface area contributed by atoms with E-state index in [0.717, 1.165) is 67.2 Å². The number of hydrogen-bond acceptors (Lipinski definition) is 7. The van der Waals surface area contributed by atoms with Gasteiger partial charge in [-0.25, -0.2) is 14.8 Å². The molecule has 40 heavy (non-hydrogen) atoms. The van der Waals surface area contributed by atoms with Gasteiger partial charge in [-0.2, -0.15) is 0 Å². The van der Waals surface area contributed by atoms with Crippen LogP contribution in [0.5, 0.6) is 5.75 Å². The van der Waals surface area contributed by atoms with Crippen molar-refractivity contribution in [3.8, 4) is 28.0 Å². The van der Waals surface area contributed by atoms with Crippen LogP contribution in [-0.2, 0) is 16.0 Å². The third kappa shape index (κ3) is 4.40. The number of nitrogen functional groups attached to an aromatic ring is 1. The van der Waals surface area contributed by atoms with Crippen LogP contribution < -0.4 is 10.5 Å². The smallest absolute Gasteiger partial charge is 0.337 e. The van der Waals surface area contributed by atoms with Gasteiger partial charge >= 0.3 is 5.97 Å². The molecule has 0 radical (unpaired) electrons. The second kappa shape index (κ2) is 9.57. The number of aliphatic carboxylic acids is 1. The number of rotatable bonds is 5. The largest absolute Gasteiger partial charge is 0.493 e. The summed E-state index contributed by atoms with van der Waals surface area (Å²) in [5, 5.41) is 13.2. The van der Waals surface area contributed by atoms with Gasteiger partial charge in [-0.3, -0.25) is 4.98 Å². The normalized spacial score (nSPS) is 13.8. The highest BCUT2D eigenvalue weighted by Gasteiger charge is 2.32. The molecule has 2 aromatic heterocycles. The molecule has 3 heterocycles. The fourth-order valence-electron chi connectivity index (χ4n) is 5.61. The van der Waals surface area contributed by atoms with Crippen molar-refractivity contribution in [1.82, 2.24) is 15.0 Å². The third-order valence-corrected chi connectivity index (χ3v) is 7.24. The minimum atomic E-state index is -1.20. The van der Waals surface area contributed by atoms with E-state index in [-0.39, 0.29) is 0 Å². The Balaban J connectivity index is 1.70. The second-order valence-electron chi connectivity index (χ2n) is 11.1. The molecule has 0 saturated heterocycles. The Kier molecular flexibility index (Phi) is 6.15. The number of nitrogens with two attached hydrogens (primary N) is 1. The van der Waals surface area contributed by atoms with Crippen molar-refractivity contribution >= 4 is 33.5 Å². The molecule has 0 fully saturated rings. The highest BCUT2D eigenvalue weighted by molar-refractivity contribution is 6.09. The number of carboxylic acids is 1. The van der Waals surface area contributed by atoms with Gasteiger partial charge in [0.05, 0.1) is 17.7 Å². The topological polar surface area (TPSA) is 120 Å². The Bertz CT molecular complexity index is 1800. The minimum absolute atomic E-state index is 0.389. The van der Waals surface area contributed by atoms with Crippen molar-refractivity contribution in [2.75, 3.05) is 12.3 Å². The van der Waals surface area contributed by atoms with Gasteiger partial charge in [-0.1, -0.05) is 18.2 Å². The van der Waals surface area contributed by atoms with Gasteiger partial charge in [0.2, 0.25) is 0 Å². The lowest BCUT2D eigenvalue weighted by molar-refractivity contribution is -0.160. The molecular weight excluding hydrogens is 504 g/mol. The number of nitrogens with zero attached hydrogens (tertiary/aromatic N) is 3. The summed E-state index contributed by atoms with van der Waals surface area (Å²) in [5.41, 5.74) is 12.0. The number of hydrogen-bond donors (Lipinski definition) is 2. The molecular formula is C32H30N4O4. The number of aromatic nitrogens is 3. The number of anilines is 1. The summed E-state index contributed by atoms with van der Waals surface area (Å²) < 4.78 is 12.2. The number of carbonyl (C=O) groups is 1. The van der Waals surface area contributed by atoms with Gasteiger partial charge in [-0.05, 0) is 85.0 Å². The van der Waals surface area contributed by atoms with E-state index in [4.69, 9.17) is 20.2 Å². The van der Waals surface area contributed by atoms with E-state index in [1.54, 1.807) is 6.20 Å². The van der Waals surface area contributed by atoms with Crippen molar-refractivity contribution in [3.63, 3.8) is 0 Å². The van der Waals surface area contributed by atoms with Gasteiger partial charge < -0.3 is 20.3 Å². The molecule has 1 atom stereocenters. The molecule has 0 unspecified atom stereocenters. The summed E-state index contributed by atoms with van der Waals surface area (Å²) >= 11 is 0. The Labute approximate surface area is 231 Å². The molecule has 3 aromatic carbocycles. The third-order valence-electron chi connectivity index (χ3n) is 7.24. The number of ether oxygens (including phenoxy) is 2. The maximum absolute atomic E-state index is 12.8. The van der Waals surface area contributed by atoms with Crippen molar-refractivity contribution in [1.29, 1.82) is 0 Å². The first-order valence-electron chi connectivity index (χ1n) is 13.2. The number of aryl methyl sites for hydroxylation is 1. The molecule has 202 valence electrons. The number of pyridine rings is 1. The fraction of sp³-hybridized carbons (Fsp3) is 0.250. The predicted molar refractivity (Wildman–Crippen MR) is 155 cm³/mol. The molecule has 1 aliphatic heterocycles. The molecule has 8 heteroatoms. The van der Waals surface area contributed by atoms with E-state index < -0.39 is 17.7 Å². The van der Waals surface area contributed by atoms with E-state index >= 15 is 0 Å². The lowest BCUT2D eigenvalue weighted by Gasteiger charge is -2.29. The first kappa shape index (κ1) is 25.7. The number of carboxylic acid groups (broad SMARTS) is 1.